The highest BCUT2D eigenvalue weighted by molar-refractivity contribution is 8.01. The van der Waals surface area contributed by atoms with Crippen LogP contribution in [-0.2, 0) is 11.2 Å². The van der Waals surface area contributed by atoms with Crippen molar-refractivity contribution in [3.8, 4) is 12.1 Å². The summed E-state index contributed by atoms with van der Waals surface area (Å²) in [5, 5.41) is 25.4. The number of nitriles is 2. The molecule has 0 atom stereocenters. The molecule has 0 saturated heterocycles. The SMILES string of the molecule is Cc1nc(NC(=O)CCc2c(C)nc3c(C#N)cnn3c2C)sc1SCC#N. The van der Waals surface area contributed by atoms with E-state index < -0.39 is 0 Å². The summed E-state index contributed by atoms with van der Waals surface area (Å²) >= 11 is 2.79. The number of aryl methyl sites for hydroxylation is 3. The summed E-state index contributed by atoms with van der Waals surface area (Å²) in [5.74, 6) is 0.216. The van der Waals surface area contributed by atoms with Gasteiger partial charge in [0.1, 0.15) is 11.6 Å². The molecule has 1 N–H and O–H groups in total. The van der Waals surface area contributed by atoms with E-state index in [-0.39, 0.29) is 12.3 Å². The van der Waals surface area contributed by atoms with E-state index >= 15 is 0 Å². The fraction of sp³-hybridized carbons (Fsp3) is 0.333. The van der Waals surface area contributed by atoms with Gasteiger partial charge in [-0.05, 0) is 32.8 Å². The third-order valence-corrected chi connectivity index (χ3v) is 6.50. The van der Waals surface area contributed by atoms with Crippen molar-refractivity contribution in [2.75, 3.05) is 11.1 Å². The first-order valence-electron chi connectivity index (χ1n) is 8.45. The molecule has 0 radical (unpaired) electrons. The van der Waals surface area contributed by atoms with Gasteiger partial charge in [0.05, 0.1) is 27.9 Å². The van der Waals surface area contributed by atoms with Crippen LogP contribution in [0.2, 0.25) is 0 Å². The summed E-state index contributed by atoms with van der Waals surface area (Å²) in [6.07, 6.45) is 2.28. The normalized spacial score (nSPS) is 10.6. The fourth-order valence-corrected chi connectivity index (χ4v) is 4.66. The first-order valence-corrected chi connectivity index (χ1v) is 10.3. The van der Waals surface area contributed by atoms with Crippen molar-refractivity contribution >= 4 is 39.8 Å². The van der Waals surface area contributed by atoms with Crippen LogP contribution in [0.4, 0.5) is 5.13 Å². The van der Waals surface area contributed by atoms with Crippen molar-refractivity contribution in [1.29, 1.82) is 10.5 Å². The standard InChI is InChI=1S/C18H17N7OS2/c1-10-14(12(3)25-16(22-10)13(8-20)9-21-25)4-5-15(26)24-18-23-11(2)17(28-18)27-7-6-19/h9H,4-5,7H2,1-3H3,(H,23,24,26). The maximum atomic E-state index is 12.4. The van der Waals surface area contributed by atoms with Gasteiger partial charge in [0, 0.05) is 17.8 Å². The molecule has 0 fully saturated rings. The van der Waals surface area contributed by atoms with Crippen LogP contribution in [0.25, 0.3) is 5.65 Å². The molecule has 8 nitrogen and oxygen atoms in total. The van der Waals surface area contributed by atoms with Gasteiger partial charge in [0.25, 0.3) is 0 Å². The summed E-state index contributed by atoms with van der Waals surface area (Å²) in [6.45, 7) is 5.64. The second-order valence-electron chi connectivity index (χ2n) is 6.05. The van der Waals surface area contributed by atoms with Gasteiger partial charge in [0.15, 0.2) is 10.8 Å². The van der Waals surface area contributed by atoms with Gasteiger partial charge in [-0.25, -0.2) is 14.5 Å². The number of nitrogens with one attached hydrogen (secondary N) is 1. The van der Waals surface area contributed by atoms with Crippen molar-refractivity contribution < 1.29 is 4.79 Å². The number of anilines is 1. The number of nitrogens with zero attached hydrogens (tertiary/aromatic N) is 6. The van der Waals surface area contributed by atoms with Crippen LogP contribution in [0.1, 0.15) is 34.6 Å². The Labute approximate surface area is 170 Å². The van der Waals surface area contributed by atoms with Gasteiger partial charge >= 0.3 is 0 Å². The lowest BCUT2D eigenvalue weighted by molar-refractivity contribution is -0.116. The van der Waals surface area contributed by atoms with Gasteiger partial charge in [-0.3, -0.25) is 4.79 Å². The number of thioether (sulfide) groups is 1. The van der Waals surface area contributed by atoms with Gasteiger partial charge in [-0.1, -0.05) is 23.1 Å². The molecule has 0 unspecified atom stereocenters. The number of carbonyl (C=O) groups is 1. The molecular formula is C18H17N7OS2. The number of carbonyl (C=O) groups excluding carboxylic acids is 1. The molecule has 3 aromatic rings. The van der Waals surface area contributed by atoms with E-state index in [2.05, 4.69) is 32.5 Å². The lowest BCUT2D eigenvalue weighted by Gasteiger charge is -2.10. The van der Waals surface area contributed by atoms with E-state index in [4.69, 9.17) is 10.5 Å². The van der Waals surface area contributed by atoms with Crippen LogP contribution in [0.5, 0.6) is 0 Å². The van der Waals surface area contributed by atoms with Crippen molar-refractivity contribution in [2.24, 2.45) is 0 Å². The summed E-state index contributed by atoms with van der Waals surface area (Å²) in [5.41, 5.74) is 4.38. The van der Waals surface area contributed by atoms with Crippen LogP contribution in [0, 0.1) is 43.4 Å². The zero-order chi connectivity index (χ0) is 20.3. The second kappa shape index (κ2) is 8.38. The maximum absolute atomic E-state index is 12.4. The van der Waals surface area contributed by atoms with E-state index in [1.165, 1.54) is 29.3 Å². The van der Waals surface area contributed by atoms with Crippen LogP contribution < -0.4 is 5.32 Å². The zero-order valence-corrected chi connectivity index (χ0v) is 17.2. The zero-order valence-electron chi connectivity index (χ0n) is 15.6. The highest BCUT2D eigenvalue weighted by Crippen LogP contribution is 2.31. The number of aromatic nitrogens is 4. The molecular weight excluding hydrogens is 394 g/mol. The smallest absolute Gasteiger partial charge is 0.226 e. The van der Waals surface area contributed by atoms with Gasteiger partial charge < -0.3 is 5.32 Å². The van der Waals surface area contributed by atoms with E-state index in [1.807, 2.05) is 20.8 Å². The molecule has 0 spiro atoms. The molecule has 142 valence electrons. The Morgan fingerprint density at radius 3 is 2.79 bits per heavy atom. The highest BCUT2D eigenvalue weighted by Gasteiger charge is 2.16. The Balaban J connectivity index is 1.70. The van der Waals surface area contributed by atoms with Crippen molar-refractivity contribution in [3.05, 3.63) is 34.4 Å². The number of thiazole rings is 1. The quantitative estimate of drug-likeness (QED) is 0.619. The summed E-state index contributed by atoms with van der Waals surface area (Å²) < 4.78 is 2.58. The molecule has 0 aliphatic carbocycles. The number of amides is 1. The first-order chi connectivity index (χ1) is 13.4. The van der Waals surface area contributed by atoms with Crippen LogP contribution in [0.3, 0.4) is 0 Å². The van der Waals surface area contributed by atoms with Crippen LogP contribution in [-0.4, -0.2) is 31.2 Å². The average Bonchev–Trinajstić information content (AvgIpc) is 3.22. The van der Waals surface area contributed by atoms with Gasteiger partial charge in [-0.15, -0.1) is 0 Å². The lowest BCUT2D eigenvalue weighted by Crippen LogP contribution is -2.14. The molecule has 28 heavy (non-hydrogen) atoms. The molecule has 0 saturated carbocycles. The Hall–Kier alpha value is -2.95. The predicted octanol–water partition coefficient (Wildman–Crippen LogP) is 3.17. The van der Waals surface area contributed by atoms with E-state index in [0.717, 1.165) is 26.9 Å². The molecule has 3 heterocycles. The fourth-order valence-electron chi connectivity index (χ4n) is 2.84. The minimum atomic E-state index is -0.136. The van der Waals surface area contributed by atoms with Crippen LogP contribution in [0.15, 0.2) is 10.4 Å². The molecule has 3 aromatic heterocycles. The first kappa shape index (κ1) is 19.8. The largest absolute Gasteiger partial charge is 0.302 e. The third-order valence-electron chi connectivity index (χ3n) is 4.20. The van der Waals surface area contributed by atoms with E-state index in [1.54, 1.807) is 4.52 Å². The Morgan fingerprint density at radius 1 is 1.29 bits per heavy atom. The molecule has 3 rings (SSSR count). The van der Waals surface area contributed by atoms with Crippen molar-refractivity contribution in [2.45, 2.75) is 37.8 Å². The number of fused-ring (bicyclic) bond motifs is 1. The van der Waals surface area contributed by atoms with Crippen molar-refractivity contribution in [1.82, 2.24) is 19.6 Å². The summed E-state index contributed by atoms with van der Waals surface area (Å²) in [4.78, 5) is 21.2. The summed E-state index contributed by atoms with van der Waals surface area (Å²) in [6, 6.07) is 4.17. The second-order valence-corrected chi connectivity index (χ2v) is 8.30. The van der Waals surface area contributed by atoms with Gasteiger partial charge in [-0.2, -0.15) is 15.6 Å². The topological polar surface area (TPSA) is 120 Å². The number of rotatable bonds is 6. The average molecular weight is 412 g/mol. The monoisotopic (exact) mass is 411 g/mol. The third kappa shape index (κ3) is 3.98. The molecule has 10 heteroatoms. The van der Waals surface area contributed by atoms with Gasteiger partial charge in [0.2, 0.25) is 5.91 Å². The van der Waals surface area contributed by atoms with Crippen molar-refractivity contribution in [3.63, 3.8) is 0 Å². The molecule has 0 aromatic carbocycles. The summed E-state index contributed by atoms with van der Waals surface area (Å²) in [7, 11) is 0. The number of hydrogen-bond donors (Lipinski definition) is 1. The molecule has 0 bridgehead atoms. The molecule has 0 aliphatic rings. The maximum Gasteiger partial charge on any atom is 0.226 e. The Bertz CT molecular complexity index is 1130. The van der Waals surface area contributed by atoms with E-state index in [0.29, 0.717) is 28.5 Å². The minimum absolute atomic E-state index is 0.136. The van der Waals surface area contributed by atoms with Crippen LogP contribution >= 0.6 is 23.1 Å². The molecule has 0 aliphatic heterocycles. The highest BCUT2D eigenvalue weighted by atomic mass is 32.2. The Morgan fingerprint density at radius 2 is 2.07 bits per heavy atom. The predicted molar refractivity (Wildman–Crippen MR) is 107 cm³/mol. The lowest BCUT2D eigenvalue weighted by atomic mass is 10.1. The van der Waals surface area contributed by atoms with E-state index in [9.17, 15) is 4.79 Å². The minimum Gasteiger partial charge on any atom is -0.302 e. The number of hydrogen-bond acceptors (Lipinski definition) is 8. The Kier molecular flexibility index (Phi) is 5.93. The molecule has 1 amide bonds.